The summed E-state index contributed by atoms with van der Waals surface area (Å²) in [6.45, 7) is 0. The Morgan fingerprint density at radius 2 is 1.57 bits per heavy atom. The normalized spacial score (nSPS) is 31.3. The van der Waals surface area contributed by atoms with Crippen molar-refractivity contribution in [3.63, 3.8) is 0 Å². The highest BCUT2D eigenvalue weighted by atomic mass is 127. The van der Waals surface area contributed by atoms with E-state index in [1.165, 1.54) is 0 Å². The molecule has 2 aliphatic rings. The van der Waals surface area contributed by atoms with E-state index < -0.39 is 65.0 Å². The number of esters is 4. The number of halogens is 1. The van der Waals surface area contributed by atoms with Crippen molar-refractivity contribution < 1.29 is 47.7 Å². The molecule has 0 spiro atoms. The molecule has 0 aromatic rings. The molecular formula is C17H21IO10. The fraction of sp³-hybridized carbons (Fsp3) is 0.706. The van der Waals surface area contributed by atoms with Gasteiger partial charge >= 0.3 is 23.9 Å². The molecule has 2 fully saturated rings. The number of ether oxygens (including phenoxy) is 5. The zero-order valence-electron chi connectivity index (χ0n) is 15.8. The predicted molar refractivity (Wildman–Crippen MR) is 98.1 cm³/mol. The second-order valence-corrected chi connectivity index (χ2v) is 7.23. The van der Waals surface area contributed by atoms with Crippen LogP contribution in [0.2, 0.25) is 0 Å². The molecule has 2 heterocycles. The van der Waals surface area contributed by atoms with Crippen LogP contribution in [0.1, 0.15) is 6.42 Å². The summed E-state index contributed by atoms with van der Waals surface area (Å²) in [6.07, 6.45) is -1.39. The van der Waals surface area contributed by atoms with Crippen molar-refractivity contribution in [3.8, 4) is 0 Å². The van der Waals surface area contributed by atoms with Crippen LogP contribution in [0.4, 0.5) is 0 Å². The fourth-order valence-electron chi connectivity index (χ4n) is 4.03. The molecular weight excluding hydrogens is 491 g/mol. The van der Waals surface area contributed by atoms with Crippen molar-refractivity contribution in [2.24, 2.45) is 23.7 Å². The number of ketones is 1. The number of alkyl halides is 1. The van der Waals surface area contributed by atoms with Crippen molar-refractivity contribution >= 4 is 52.3 Å². The van der Waals surface area contributed by atoms with Gasteiger partial charge in [-0.2, -0.15) is 0 Å². The molecule has 2 aliphatic heterocycles. The highest BCUT2D eigenvalue weighted by molar-refractivity contribution is 14.1. The van der Waals surface area contributed by atoms with Gasteiger partial charge in [-0.1, -0.05) is 22.6 Å². The van der Waals surface area contributed by atoms with Crippen LogP contribution < -0.4 is 0 Å². The van der Waals surface area contributed by atoms with Crippen molar-refractivity contribution in [1.29, 1.82) is 0 Å². The minimum absolute atomic E-state index is 0.0706. The van der Waals surface area contributed by atoms with Gasteiger partial charge in [-0.3, -0.25) is 24.0 Å². The average molecular weight is 512 g/mol. The Morgan fingerprint density at radius 1 is 1.04 bits per heavy atom. The SMILES string of the molecule is COC(=O)C(C(=O)OC)[C@H]1CC(=O)[C@@]2(CI)O[C@@H]1[C@H](C(=O)OC)[C@H]2C(=O)OC. The Kier molecular flexibility index (Phi) is 7.02. The van der Waals surface area contributed by atoms with Gasteiger partial charge in [0, 0.05) is 16.8 Å². The van der Waals surface area contributed by atoms with Gasteiger partial charge in [0.05, 0.1) is 40.5 Å². The summed E-state index contributed by atoms with van der Waals surface area (Å²) < 4.78 is 25.0. The largest absolute Gasteiger partial charge is 0.469 e. The van der Waals surface area contributed by atoms with Gasteiger partial charge < -0.3 is 23.7 Å². The van der Waals surface area contributed by atoms with Crippen molar-refractivity contribution in [1.82, 2.24) is 0 Å². The predicted octanol–water partition coefficient (Wildman–Crippen LogP) is -0.311. The molecule has 2 bridgehead atoms. The lowest BCUT2D eigenvalue weighted by Crippen LogP contribution is -2.54. The number of methoxy groups -OCH3 is 4. The lowest BCUT2D eigenvalue weighted by molar-refractivity contribution is -0.179. The maximum absolute atomic E-state index is 13.0. The van der Waals surface area contributed by atoms with Gasteiger partial charge in [0.15, 0.2) is 11.7 Å². The monoisotopic (exact) mass is 512 g/mol. The van der Waals surface area contributed by atoms with E-state index in [2.05, 4.69) is 9.47 Å². The first-order valence-corrected chi connectivity index (χ1v) is 9.84. The van der Waals surface area contributed by atoms with E-state index in [0.717, 1.165) is 28.4 Å². The first-order chi connectivity index (χ1) is 13.2. The van der Waals surface area contributed by atoms with Crippen LogP contribution in [0, 0.1) is 23.7 Å². The molecule has 5 atom stereocenters. The van der Waals surface area contributed by atoms with Gasteiger partial charge in [-0.05, 0) is 0 Å². The van der Waals surface area contributed by atoms with E-state index in [9.17, 15) is 24.0 Å². The Hall–Kier alpha value is -1.76. The first kappa shape index (κ1) is 22.5. The maximum atomic E-state index is 13.0. The average Bonchev–Trinajstić information content (AvgIpc) is 3.02. The molecule has 0 aromatic carbocycles. The summed E-state index contributed by atoms with van der Waals surface area (Å²) in [5.74, 6) is -9.05. The lowest BCUT2D eigenvalue weighted by atomic mass is 9.78. The third-order valence-corrected chi connectivity index (χ3v) is 6.48. The van der Waals surface area contributed by atoms with Crippen LogP contribution in [0.25, 0.3) is 0 Å². The molecule has 2 rings (SSSR count). The van der Waals surface area contributed by atoms with Gasteiger partial charge in [-0.25, -0.2) is 0 Å². The smallest absolute Gasteiger partial charge is 0.320 e. The second kappa shape index (κ2) is 8.72. The zero-order chi connectivity index (χ0) is 21.2. The third-order valence-electron chi connectivity index (χ3n) is 5.34. The van der Waals surface area contributed by atoms with Gasteiger partial charge in [0.25, 0.3) is 0 Å². The summed E-state index contributed by atoms with van der Waals surface area (Å²) in [5, 5.41) is 0. The topological polar surface area (TPSA) is 132 Å². The van der Waals surface area contributed by atoms with E-state index in [0.29, 0.717) is 0 Å². The minimum Gasteiger partial charge on any atom is -0.469 e. The standard InChI is InChI=1S/C17H21IO10/c1-24-13(20)9(14(21)25-2)7-5-8(19)17(6-18)11(16(23)27-4)10(12(7)28-17)15(22)26-3/h7,9-12H,5-6H2,1-4H3/t7-,10-,11+,12+,17-/m1/s1. The number of rotatable bonds is 6. The van der Waals surface area contributed by atoms with Crippen LogP contribution in [0.3, 0.4) is 0 Å². The van der Waals surface area contributed by atoms with Gasteiger partial charge in [0.2, 0.25) is 0 Å². The molecule has 0 amide bonds. The zero-order valence-corrected chi connectivity index (χ0v) is 17.9. The number of Topliss-reactive ketones (excluding diaryl/α,β-unsaturated/α-hetero) is 1. The van der Waals surface area contributed by atoms with E-state index in [-0.39, 0.29) is 10.8 Å². The molecule has 0 saturated carbocycles. The molecule has 156 valence electrons. The summed E-state index contributed by atoms with van der Waals surface area (Å²) in [4.78, 5) is 62.6. The highest BCUT2D eigenvalue weighted by Crippen LogP contribution is 2.53. The third kappa shape index (κ3) is 3.38. The second-order valence-electron chi connectivity index (χ2n) is 6.47. The summed E-state index contributed by atoms with van der Waals surface area (Å²) in [6, 6.07) is 0. The fourth-order valence-corrected chi connectivity index (χ4v) is 5.11. The van der Waals surface area contributed by atoms with Crippen LogP contribution in [-0.2, 0) is 47.7 Å². The Bertz CT molecular complexity index is 675. The number of hydrogen-bond acceptors (Lipinski definition) is 10. The minimum atomic E-state index is -1.61. The molecule has 0 N–H and O–H groups in total. The van der Waals surface area contributed by atoms with E-state index in [4.69, 9.17) is 14.2 Å². The molecule has 0 unspecified atom stereocenters. The van der Waals surface area contributed by atoms with E-state index in [1.54, 1.807) is 0 Å². The molecule has 0 aromatic heterocycles. The van der Waals surface area contributed by atoms with Gasteiger partial charge in [-0.15, -0.1) is 0 Å². The molecule has 11 heteroatoms. The molecule has 0 aliphatic carbocycles. The first-order valence-electron chi connectivity index (χ1n) is 8.32. The molecule has 10 nitrogen and oxygen atoms in total. The summed E-state index contributed by atoms with van der Waals surface area (Å²) in [5.41, 5.74) is -1.61. The highest BCUT2D eigenvalue weighted by Gasteiger charge is 2.70. The van der Waals surface area contributed by atoms with Crippen molar-refractivity contribution in [2.45, 2.75) is 18.1 Å². The van der Waals surface area contributed by atoms with Crippen LogP contribution >= 0.6 is 22.6 Å². The molecule has 28 heavy (non-hydrogen) atoms. The summed E-state index contributed by atoms with van der Waals surface area (Å²) >= 11 is 1.89. The number of fused-ring (bicyclic) bond motifs is 2. The maximum Gasteiger partial charge on any atom is 0.320 e. The van der Waals surface area contributed by atoms with Crippen molar-refractivity contribution in [3.05, 3.63) is 0 Å². The number of carbonyl (C=O) groups excluding carboxylic acids is 5. The van der Waals surface area contributed by atoms with E-state index in [1.807, 2.05) is 22.6 Å². The van der Waals surface area contributed by atoms with Crippen molar-refractivity contribution in [2.75, 3.05) is 32.9 Å². The van der Waals surface area contributed by atoms with E-state index >= 15 is 0 Å². The molecule has 0 radical (unpaired) electrons. The Morgan fingerprint density at radius 3 is 2.00 bits per heavy atom. The van der Waals surface area contributed by atoms with Crippen LogP contribution in [0.15, 0.2) is 0 Å². The number of carbonyl (C=O) groups is 5. The van der Waals surface area contributed by atoms with Crippen LogP contribution in [0.5, 0.6) is 0 Å². The quantitative estimate of drug-likeness (QED) is 0.154. The Labute approximate surface area is 174 Å². The summed E-state index contributed by atoms with van der Waals surface area (Å²) in [7, 11) is 4.43. The number of hydrogen-bond donors (Lipinski definition) is 0. The molecule has 2 saturated heterocycles. The lowest BCUT2D eigenvalue weighted by Gasteiger charge is -2.38. The van der Waals surface area contributed by atoms with Gasteiger partial charge in [0.1, 0.15) is 11.5 Å². The van der Waals surface area contributed by atoms with Crippen LogP contribution in [-0.4, -0.2) is 74.2 Å². The Balaban J connectivity index is 2.62.